The zero-order valence-corrected chi connectivity index (χ0v) is 26.0. The summed E-state index contributed by atoms with van der Waals surface area (Å²) in [4.78, 5) is 2.01. The first kappa shape index (κ1) is 26.7. The van der Waals surface area contributed by atoms with Crippen molar-refractivity contribution in [3.8, 4) is 27.9 Å². The molecule has 0 saturated carbocycles. The van der Waals surface area contributed by atoms with E-state index in [9.17, 15) is 0 Å². The third-order valence-corrected chi connectivity index (χ3v) is 9.61. The van der Waals surface area contributed by atoms with Crippen LogP contribution in [0, 0.1) is 0 Å². The smallest absolute Gasteiger partial charge is 0.240 e. The van der Waals surface area contributed by atoms with E-state index in [1.807, 2.05) is 4.79 Å². The van der Waals surface area contributed by atoms with E-state index in [2.05, 4.69) is 185 Å². The zero-order chi connectivity index (χ0) is 31.6. The highest BCUT2D eigenvalue weighted by atomic mass is 15.6. The molecule has 0 N–H and O–H groups in total. The number of hydrogen-bond donors (Lipinski definition) is 0. The van der Waals surface area contributed by atoms with Crippen molar-refractivity contribution >= 4 is 54.5 Å². The number of para-hydroxylation sites is 3. The van der Waals surface area contributed by atoms with E-state index in [0.717, 1.165) is 33.1 Å². The zero-order valence-electron chi connectivity index (χ0n) is 26.0. The summed E-state index contributed by atoms with van der Waals surface area (Å²) in [6.45, 7) is 0. The van der Waals surface area contributed by atoms with Gasteiger partial charge in [-0.3, -0.25) is 0 Å². The van der Waals surface area contributed by atoms with Crippen molar-refractivity contribution in [2.75, 3.05) is 0 Å². The van der Waals surface area contributed by atoms with Crippen molar-refractivity contribution < 1.29 is 4.79 Å². The summed E-state index contributed by atoms with van der Waals surface area (Å²) in [5.41, 5.74) is 11.4. The number of hydrogen-bond acceptors (Lipinski definition) is 1. The second-order valence-corrected chi connectivity index (χ2v) is 12.3. The first-order valence-corrected chi connectivity index (χ1v) is 16.3. The van der Waals surface area contributed by atoms with Crippen molar-refractivity contribution in [1.29, 1.82) is 0 Å². The van der Waals surface area contributed by atoms with E-state index >= 15 is 0 Å². The molecule has 10 rings (SSSR count). The first-order valence-electron chi connectivity index (χ1n) is 16.3. The van der Waals surface area contributed by atoms with Gasteiger partial charge in [0.05, 0.1) is 16.6 Å². The van der Waals surface area contributed by atoms with Crippen LogP contribution in [0.4, 0.5) is 0 Å². The van der Waals surface area contributed by atoms with Gasteiger partial charge in [-0.2, -0.15) is 0 Å². The lowest BCUT2D eigenvalue weighted by molar-refractivity contribution is -0.773. The monoisotopic (exact) mass is 613 g/mol. The second kappa shape index (κ2) is 10.5. The Bertz CT molecular complexity index is 2830. The molecular weight excluding hydrogens is 585 g/mol. The molecule has 0 aliphatic heterocycles. The predicted molar refractivity (Wildman–Crippen MR) is 197 cm³/mol. The van der Waals surface area contributed by atoms with Crippen LogP contribution in [-0.2, 0) is 0 Å². The summed E-state index contributed by atoms with van der Waals surface area (Å²) in [6.07, 6.45) is 2.16. The minimum atomic E-state index is 0.948. The maximum atomic E-state index is 5.15. The molecule has 7 aromatic carbocycles. The Kier molecular flexibility index (Phi) is 5.84. The molecule has 0 spiro atoms. The average molecular weight is 614 g/mol. The lowest BCUT2D eigenvalue weighted by Crippen LogP contribution is -2.45. The molecular formula is C44H29N4+. The van der Waals surface area contributed by atoms with Crippen molar-refractivity contribution in [2.24, 2.45) is 0 Å². The molecule has 0 radical (unpaired) electrons. The molecule has 0 saturated heterocycles. The van der Waals surface area contributed by atoms with Gasteiger partial charge in [0, 0.05) is 42.5 Å². The summed E-state index contributed by atoms with van der Waals surface area (Å²) in [6, 6.07) is 60.6. The lowest BCUT2D eigenvalue weighted by atomic mass is 10.0. The molecule has 48 heavy (non-hydrogen) atoms. The largest absolute Gasteiger partial charge is 0.309 e. The first-order chi connectivity index (χ1) is 23.8. The normalized spacial score (nSPS) is 11.8. The summed E-state index contributed by atoms with van der Waals surface area (Å²) in [7, 11) is 0. The molecule has 3 aromatic heterocycles. The van der Waals surface area contributed by atoms with Crippen LogP contribution in [0.15, 0.2) is 176 Å². The number of aromatic nitrogens is 4. The molecule has 0 aliphatic carbocycles. The van der Waals surface area contributed by atoms with E-state index in [1.165, 1.54) is 49.4 Å². The van der Waals surface area contributed by atoms with Crippen LogP contribution in [-0.4, -0.2) is 14.3 Å². The van der Waals surface area contributed by atoms with Crippen molar-refractivity contribution in [1.82, 2.24) is 14.3 Å². The Balaban J connectivity index is 1.18. The lowest BCUT2D eigenvalue weighted by Gasteiger charge is -2.08. The maximum Gasteiger partial charge on any atom is 0.240 e. The number of nitrogens with zero attached hydrogens (tertiary/aromatic N) is 4. The van der Waals surface area contributed by atoms with Gasteiger partial charge in [-0.1, -0.05) is 120 Å². The van der Waals surface area contributed by atoms with E-state index < -0.39 is 0 Å². The van der Waals surface area contributed by atoms with Crippen LogP contribution in [0.5, 0.6) is 0 Å². The highest BCUT2D eigenvalue weighted by Gasteiger charge is 2.22. The Labute approximate surface area is 276 Å². The Morgan fingerprint density at radius 3 is 1.67 bits per heavy atom. The molecule has 224 valence electrons. The molecule has 0 aliphatic rings. The molecule has 3 heterocycles. The van der Waals surface area contributed by atoms with Crippen LogP contribution >= 0.6 is 0 Å². The third-order valence-electron chi connectivity index (χ3n) is 9.61. The van der Waals surface area contributed by atoms with Crippen molar-refractivity contribution in [3.63, 3.8) is 0 Å². The molecule has 10 aromatic rings. The van der Waals surface area contributed by atoms with Crippen molar-refractivity contribution in [2.45, 2.75) is 0 Å². The number of rotatable bonds is 4. The summed E-state index contributed by atoms with van der Waals surface area (Å²) >= 11 is 0. The van der Waals surface area contributed by atoms with E-state index in [-0.39, 0.29) is 0 Å². The fourth-order valence-corrected chi connectivity index (χ4v) is 7.42. The highest BCUT2D eigenvalue weighted by Crippen LogP contribution is 2.37. The van der Waals surface area contributed by atoms with Crippen LogP contribution < -0.4 is 4.79 Å². The van der Waals surface area contributed by atoms with Crippen molar-refractivity contribution in [3.05, 3.63) is 176 Å². The van der Waals surface area contributed by atoms with Crippen LogP contribution in [0.2, 0.25) is 0 Å². The molecule has 0 amide bonds. The number of benzene rings is 7. The van der Waals surface area contributed by atoms with E-state index in [1.54, 1.807) is 0 Å². The van der Waals surface area contributed by atoms with Crippen LogP contribution in [0.25, 0.3) is 82.5 Å². The second-order valence-electron chi connectivity index (χ2n) is 12.3. The molecule has 0 unspecified atom stereocenters. The van der Waals surface area contributed by atoms with Gasteiger partial charge in [-0.25, -0.2) is 0 Å². The van der Waals surface area contributed by atoms with Crippen LogP contribution in [0.1, 0.15) is 0 Å². The number of fused-ring (bicyclic) bond motifs is 7. The van der Waals surface area contributed by atoms with Gasteiger partial charge >= 0.3 is 0 Å². The Hall–Kier alpha value is -6.52. The molecule has 4 nitrogen and oxygen atoms in total. The maximum absolute atomic E-state index is 5.15. The van der Waals surface area contributed by atoms with Gasteiger partial charge in [-0.05, 0) is 71.3 Å². The predicted octanol–water partition coefficient (Wildman–Crippen LogP) is 10.4. The highest BCUT2D eigenvalue weighted by molar-refractivity contribution is 6.12. The molecule has 0 fully saturated rings. The van der Waals surface area contributed by atoms with Crippen LogP contribution in [0.3, 0.4) is 0 Å². The minimum Gasteiger partial charge on any atom is -0.309 e. The topological polar surface area (TPSA) is 26.6 Å². The van der Waals surface area contributed by atoms with Gasteiger partial charge in [0.15, 0.2) is 0 Å². The minimum absolute atomic E-state index is 0.948. The summed E-state index contributed by atoms with van der Waals surface area (Å²) in [5.74, 6) is 0. The average Bonchev–Trinajstić information content (AvgIpc) is 3.67. The third kappa shape index (κ3) is 4.03. The van der Waals surface area contributed by atoms with Gasteiger partial charge in [0.2, 0.25) is 6.20 Å². The van der Waals surface area contributed by atoms with Gasteiger partial charge in [0.25, 0.3) is 0 Å². The Morgan fingerprint density at radius 1 is 0.396 bits per heavy atom. The fourth-order valence-electron chi connectivity index (χ4n) is 7.42. The summed E-state index contributed by atoms with van der Waals surface area (Å²) in [5, 5.41) is 11.2. The standard InChI is InChI=1S/C44H29N4/c1-3-13-30(14-4-1)39-29-46(45-40-20-10-7-17-34(39)40)48-43-22-12-9-19-36(43)38-28-32(24-26-44(38)48)31-23-25-42-37(27-31)35-18-8-11-21-41(35)47(42)33-15-5-2-6-16-33/h1-29H/q+1. The summed E-state index contributed by atoms with van der Waals surface area (Å²) < 4.78 is 4.60. The van der Waals surface area contributed by atoms with E-state index in [4.69, 9.17) is 5.10 Å². The van der Waals surface area contributed by atoms with Gasteiger partial charge in [0.1, 0.15) is 16.6 Å². The fraction of sp³-hybridized carbons (Fsp3) is 0. The molecule has 4 heteroatoms. The molecule has 0 bridgehead atoms. The van der Waals surface area contributed by atoms with Gasteiger partial charge in [-0.15, -0.1) is 0 Å². The van der Waals surface area contributed by atoms with Gasteiger partial charge < -0.3 is 4.57 Å². The quantitative estimate of drug-likeness (QED) is 0.181. The van der Waals surface area contributed by atoms with E-state index in [0.29, 0.717) is 0 Å². The SMILES string of the molecule is c1ccc(-c2c[n+](-n3c4ccccc4c4cc(-c5ccc6c(c5)c5ccccc5n6-c5ccccc5)ccc43)nc3ccccc23)cc1. The molecule has 0 atom stereocenters. The Morgan fingerprint density at radius 2 is 0.917 bits per heavy atom.